The third-order valence-electron chi connectivity index (χ3n) is 5.40. The van der Waals surface area contributed by atoms with Crippen molar-refractivity contribution < 1.29 is 24.1 Å². The van der Waals surface area contributed by atoms with Gasteiger partial charge in [-0.15, -0.1) is 0 Å². The van der Waals surface area contributed by atoms with E-state index < -0.39 is 5.97 Å². The third kappa shape index (κ3) is 4.99. The molecule has 0 fully saturated rings. The highest BCUT2D eigenvalue weighted by atomic mass is 16.5. The van der Waals surface area contributed by atoms with Crippen molar-refractivity contribution in [2.45, 2.75) is 40.3 Å². The van der Waals surface area contributed by atoms with Gasteiger partial charge in [0, 0.05) is 30.1 Å². The lowest BCUT2D eigenvalue weighted by molar-refractivity contribution is 0.0684. The molecule has 0 aliphatic rings. The molecule has 7 heteroatoms. The van der Waals surface area contributed by atoms with Crippen molar-refractivity contribution in [3.8, 4) is 17.2 Å². The average Bonchev–Trinajstić information content (AvgIpc) is 3.11. The number of hydrogen-bond donors (Lipinski definition) is 2. The molecule has 0 atom stereocenters. The zero-order chi connectivity index (χ0) is 23.1. The predicted molar refractivity (Wildman–Crippen MR) is 125 cm³/mol. The van der Waals surface area contributed by atoms with Gasteiger partial charge in [-0.3, -0.25) is 0 Å². The maximum atomic E-state index is 12.1. The molecule has 3 aromatic rings. The Morgan fingerprint density at radius 1 is 1.03 bits per heavy atom. The number of carbonyl (C=O) groups is 1. The number of aromatic nitrogens is 1. The molecular weight excluding hydrogens is 408 g/mol. The molecule has 3 rings (SSSR count). The molecule has 32 heavy (non-hydrogen) atoms. The van der Waals surface area contributed by atoms with E-state index in [4.69, 9.17) is 14.2 Å². The molecule has 0 spiro atoms. The van der Waals surface area contributed by atoms with Crippen LogP contribution in [0, 0.1) is 0 Å². The SMILES string of the molecule is CCOc1ccc(CCNCc2c(C(=O)O)n(CC)c3cc(OC)ccc23)cc1OCC. The van der Waals surface area contributed by atoms with E-state index in [1.54, 1.807) is 7.11 Å². The maximum Gasteiger partial charge on any atom is 0.352 e. The fraction of sp³-hybridized carbons (Fsp3) is 0.400. The Morgan fingerprint density at radius 3 is 2.44 bits per heavy atom. The van der Waals surface area contributed by atoms with Crippen molar-refractivity contribution >= 4 is 16.9 Å². The summed E-state index contributed by atoms with van der Waals surface area (Å²) >= 11 is 0. The summed E-state index contributed by atoms with van der Waals surface area (Å²) in [7, 11) is 1.61. The van der Waals surface area contributed by atoms with Crippen molar-refractivity contribution in [2.75, 3.05) is 26.9 Å². The number of fused-ring (bicyclic) bond motifs is 1. The largest absolute Gasteiger partial charge is 0.497 e. The highest BCUT2D eigenvalue weighted by Gasteiger charge is 2.21. The summed E-state index contributed by atoms with van der Waals surface area (Å²) in [6.07, 6.45) is 0.787. The van der Waals surface area contributed by atoms with Crippen molar-refractivity contribution in [3.05, 3.63) is 53.2 Å². The van der Waals surface area contributed by atoms with Crippen LogP contribution in [0.15, 0.2) is 36.4 Å². The molecule has 0 amide bonds. The second-order valence-corrected chi connectivity index (χ2v) is 7.33. The zero-order valence-corrected chi connectivity index (χ0v) is 19.2. The first-order valence-electron chi connectivity index (χ1n) is 11.1. The van der Waals surface area contributed by atoms with Crippen molar-refractivity contribution in [1.82, 2.24) is 9.88 Å². The smallest absolute Gasteiger partial charge is 0.352 e. The van der Waals surface area contributed by atoms with Crippen LogP contribution in [0.25, 0.3) is 10.9 Å². The highest BCUT2D eigenvalue weighted by Crippen LogP contribution is 2.30. The summed E-state index contributed by atoms with van der Waals surface area (Å²) in [6, 6.07) is 11.7. The lowest BCUT2D eigenvalue weighted by Crippen LogP contribution is -2.19. The van der Waals surface area contributed by atoms with E-state index in [2.05, 4.69) is 5.32 Å². The van der Waals surface area contributed by atoms with Gasteiger partial charge < -0.3 is 29.2 Å². The minimum Gasteiger partial charge on any atom is -0.497 e. The van der Waals surface area contributed by atoms with E-state index in [0.717, 1.165) is 39.9 Å². The molecule has 0 bridgehead atoms. The molecular formula is C25H32N2O5. The summed E-state index contributed by atoms with van der Waals surface area (Å²) in [6.45, 7) is 8.75. The minimum atomic E-state index is -0.924. The fourth-order valence-corrected chi connectivity index (χ4v) is 3.98. The molecule has 0 aliphatic heterocycles. The quantitative estimate of drug-likeness (QED) is 0.404. The number of nitrogens with zero attached hydrogens (tertiary/aromatic N) is 1. The Balaban J connectivity index is 1.76. The number of hydrogen-bond acceptors (Lipinski definition) is 5. The molecule has 1 heterocycles. The lowest BCUT2D eigenvalue weighted by Gasteiger charge is -2.13. The number of carboxylic acid groups (broad SMARTS) is 1. The van der Waals surface area contributed by atoms with E-state index >= 15 is 0 Å². The standard InChI is InChI=1S/C25H32N2O5/c1-5-27-21-15-18(30-4)9-10-19(21)20(24(27)25(28)29)16-26-13-12-17-8-11-22(31-6-2)23(14-17)32-7-3/h8-11,14-15,26H,5-7,12-13,16H2,1-4H3,(H,28,29). The number of rotatable bonds is 12. The molecule has 0 saturated heterocycles. The van der Waals surface area contributed by atoms with Crippen molar-refractivity contribution in [2.24, 2.45) is 0 Å². The summed E-state index contributed by atoms with van der Waals surface area (Å²) in [5, 5.41) is 14.2. The van der Waals surface area contributed by atoms with Gasteiger partial charge in [-0.25, -0.2) is 4.79 Å². The van der Waals surface area contributed by atoms with Crippen molar-refractivity contribution in [1.29, 1.82) is 0 Å². The second-order valence-electron chi connectivity index (χ2n) is 7.33. The van der Waals surface area contributed by atoms with E-state index in [0.29, 0.717) is 44.3 Å². The van der Waals surface area contributed by atoms with Crippen LogP contribution in [0.1, 0.15) is 42.4 Å². The molecule has 0 saturated carbocycles. The van der Waals surface area contributed by atoms with Crippen LogP contribution in [0.3, 0.4) is 0 Å². The number of aryl methyl sites for hydroxylation is 1. The first-order chi connectivity index (χ1) is 15.5. The van der Waals surface area contributed by atoms with Crippen LogP contribution in [-0.4, -0.2) is 42.5 Å². The van der Waals surface area contributed by atoms with Crippen LogP contribution < -0.4 is 19.5 Å². The number of methoxy groups -OCH3 is 1. The van der Waals surface area contributed by atoms with Gasteiger partial charge in [-0.1, -0.05) is 6.07 Å². The van der Waals surface area contributed by atoms with Crippen LogP contribution >= 0.6 is 0 Å². The molecule has 0 radical (unpaired) electrons. The van der Waals surface area contributed by atoms with E-state index in [9.17, 15) is 9.90 Å². The number of benzene rings is 2. The van der Waals surface area contributed by atoms with Crippen LogP contribution in [0.2, 0.25) is 0 Å². The van der Waals surface area contributed by atoms with Crippen LogP contribution in [0.4, 0.5) is 0 Å². The van der Waals surface area contributed by atoms with Crippen molar-refractivity contribution in [3.63, 3.8) is 0 Å². The van der Waals surface area contributed by atoms with Gasteiger partial charge in [0.1, 0.15) is 11.4 Å². The van der Waals surface area contributed by atoms with Crippen LogP contribution in [-0.2, 0) is 19.5 Å². The Hall–Kier alpha value is -3.19. The zero-order valence-electron chi connectivity index (χ0n) is 19.2. The number of carboxylic acids is 1. The molecule has 2 N–H and O–H groups in total. The highest BCUT2D eigenvalue weighted by molar-refractivity contribution is 5.98. The van der Waals surface area contributed by atoms with Gasteiger partial charge in [-0.05, 0) is 63.6 Å². The Morgan fingerprint density at radius 2 is 1.78 bits per heavy atom. The molecule has 0 aliphatic carbocycles. The van der Waals surface area contributed by atoms with Gasteiger partial charge in [0.2, 0.25) is 0 Å². The monoisotopic (exact) mass is 440 g/mol. The van der Waals surface area contributed by atoms with E-state index in [1.807, 2.05) is 61.7 Å². The predicted octanol–water partition coefficient (Wildman–Crippen LogP) is 4.50. The number of ether oxygens (including phenoxy) is 3. The fourth-order valence-electron chi connectivity index (χ4n) is 3.98. The number of nitrogens with one attached hydrogen (secondary N) is 1. The van der Waals surface area contributed by atoms with E-state index in [1.165, 1.54) is 0 Å². The molecule has 2 aromatic carbocycles. The molecule has 7 nitrogen and oxygen atoms in total. The maximum absolute atomic E-state index is 12.1. The molecule has 1 aromatic heterocycles. The Bertz CT molecular complexity index is 1070. The summed E-state index contributed by atoms with van der Waals surface area (Å²) in [5.74, 6) is 1.29. The molecule has 172 valence electrons. The third-order valence-corrected chi connectivity index (χ3v) is 5.40. The van der Waals surface area contributed by atoms with E-state index in [-0.39, 0.29) is 0 Å². The summed E-state index contributed by atoms with van der Waals surface area (Å²) < 4.78 is 18.5. The second kappa shape index (κ2) is 10.9. The van der Waals surface area contributed by atoms with Gasteiger partial charge in [0.05, 0.1) is 25.8 Å². The normalized spacial score (nSPS) is 11.0. The summed E-state index contributed by atoms with van der Waals surface area (Å²) in [5.41, 5.74) is 3.11. The summed E-state index contributed by atoms with van der Waals surface area (Å²) in [4.78, 5) is 12.1. The van der Waals surface area contributed by atoms with Crippen LogP contribution in [0.5, 0.6) is 17.2 Å². The topological polar surface area (TPSA) is 82.0 Å². The van der Waals surface area contributed by atoms with Gasteiger partial charge >= 0.3 is 5.97 Å². The Labute approximate surface area is 188 Å². The molecule has 0 unspecified atom stereocenters. The lowest BCUT2D eigenvalue weighted by atomic mass is 10.1. The number of aromatic carboxylic acids is 1. The minimum absolute atomic E-state index is 0.322. The van der Waals surface area contributed by atoms with Gasteiger partial charge in [0.15, 0.2) is 11.5 Å². The van der Waals surface area contributed by atoms with Gasteiger partial charge in [0.25, 0.3) is 0 Å². The first kappa shape index (κ1) is 23.5. The Kier molecular flexibility index (Phi) is 8.00. The van der Waals surface area contributed by atoms with Gasteiger partial charge in [-0.2, -0.15) is 0 Å². The first-order valence-corrected chi connectivity index (χ1v) is 11.1. The average molecular weight is 441 g/mol.